The summed E-state index contributed by atoms with van der Waals surface area (Å²) in [6.07, 6.45) is -1.27. The predicted octanol–water partition coefficient (Wildman–Crippen LogP) is 4.22. The molecule has 1 aromatic carbocycles. The summed E-state index contributed by atoms with van der Waals surface area (Å²) in [5, 5.41) is 0.262. The number of aromatic nitrogens is 1. The molecule has 0 aliphatic rings. The maximum Gasteiger partial charge on any atom is 0.419 e. The third kappa shape index (κ3) is 2.42. The van der Waals surface area contributed by atoms with Gasteiger partial charge >= 0.3 is 6.18 Å². The van der Waals surface area contributed by atoms with E-state index in [1.54, 1.807) is 12.1 Å². The number of alkyl halides is 3. The number of benzene rings is 1. The van der Waals surface area contributed by atoms with E-state index in [0.29, 0.717) is 5.56 Å². The molecule has 0 N–H and O–H groups in total. The van der Waals surface area contributed by atoms with Crippen LogP contribution < -0.4 is 0 Å². The molecule has 0 aliphatic heterocycles. The highest BCUT2D eigenvalue weighted by Crippen LogP contribution is 2.38. The Kier molecular flexibility index (Phi) is 3.07. The Morgan fingerprint density at radius 1 is 1.06 bits per heavy atom. The largest absolute Gasteiger partial charge is 0.419 e. The van der Waals surface area contributed by atoms with Crippen molar-refractivity contribution in [1.29, 1.82) is 0 Å². The zero-order valence-electron chi connectivity index (χ0n) is 8.42. The number of pyridine rings is 1. The maximum absolute atomic E-state index is 12.8. The zero-order chi connectivity index (χ0) is 12.5. The van der Waals surface area contributed by atoms with Crippen LogP contribution in [0.3, 0.4) is 0 Å². The molecule has 0 atom stereocenters. The molecule has 1 heterocycles. The Labute approximate surface area is 101 Å². The first-order chi connectivity index (χ1) is 8.00. The molecular weight excluding hydrogens is 251 g/mol. The molecule has 0 amide bonds. The zero-order valence-corrected chi connectivity index (χ0v) is 9.18. The van der Waals surface area contributed by atoms with Gasteiger partial charge in [-0.25, -0.2) is 0 Å². The molecule has 17 heavy (non-hydrogen) atoms. The fraction of sp³-hybridized carbons (Fsp3) is 0.0833. The van der Waals surface area contributed by atoms with Gasteiger partial charge in [0.1, 0.15) is 6.20 Å². The molecule has 0 saturated heterocycles. The van der Waals surface area contributed by atoms with Crippen molar-refractivity contribution in [2.45, 2.75) is 6.18 Å². The van der Waals surface area contributed by atoms with Crippen molar-refractivity contribution in [3.8, 4) is 11.1 Å². The third-order valence-electron chi connectivity index (χ3n) is 2.21. The maximum atomic E-state index is 12.8. The van der Waals surface area contributed by atoms with E-state index < -0.39 is 11.7 Å². The summed E-state index contributed by atoms with van der Waals surface area (Å²) in [7, 11) is 0. The van der Waals surface area contributed by atoms with Crippen LogP contribution in [0, 0.1) is 6.20 Å². The SMILES string of the molecule is FC(F)(F)c1[c]nccc1-c1ccccc1Cl. The van der Waals surface area contributed by atoms with E-state index in [-0.39, 0.29) is 10.6 Å². The van der Waals surface area contributed by atoms with Crippen molar-refractivity contribution in [2.24, 2.45) is 0 Å². The number of nitrogens with zero attached hydrogens (tertiary/aromatic N) is 1. The van der Waals surface area contributed by atoms with E-state index in [4.69, 9.17) is 11.6 Å². The van der Waals surface area contributed by atoms with Crippen LogP contribution in [0.1, 0.15) is 5.56 Å². The number of halogens is 4. The van der Waals surface area contributed by atoms with Crippen LogP contribution in [0.2, 0.25) is 5.02 Å². The van der Waals surface area contributed by atoms with Gasteiger partial charge in [0.2, 0.25) is 0 Å². The highest BCUT2D eigenvalue weighted by atomic mass is 35.5. The standard InChI is InChI=1S/C12H6ClF3N/c13-11-4-2-1-3-9(11)8-5-6-17-7-10(8)12(14,15)16/h1-6H. The molecule has 0 aliphatic carbocycles. The van der Waals surface area contributed by atoms with Gasteiger partial charge in [-0.1, -0.05) is 29.8 Å². The van der Waals surface area contributed by atoms with Crippen molar-refractivity contribution in [3.63, 3.8) is 0 Å². The summed E-state index contributed by atoms with van der Waals surface area (Å²) in [6.45, 7) is 0. The molecule has 0 fully saturated rings. The molecule has 2 aromatic rings. The normalized spacial score (nSPS) is 11.5. The predicted molar refractivity (Wildman–Crippen MR) is 58.5 cm³/mol. The minimum Gasteiger partial charge on any atom is -0.254 e. The molecule has 0 saturated carbocycles. The minimum absolute atomic E-state index is 0.0156. The van der Waals surface area contributed by atoms with Gasteiger partial charge in [0.05, 0.1) is 5.56 Å². The van der Waals surface area contributed by atoms with Gasteiger partial charge in [-0.05, 0) is 17.7 Å². The van der Waals surface area contributed by atoms with Gasteiger partial charge in [-0.3, -0.25) is 4.98 Å². The van der Waals surface area contributed by atoms with Crippen molar-refractivity contribution in [1.82, 2.24) is 4.98 Å². The Balaban J connectivity index is 2.65. The fourth-order valence-corrected chi connectivity index (χ4v) is 1.71. The highest BCUT2D eigenvalue weighted by Gasteiger charge is 2.34. The first-order valence-electron chi connectivity index (χ1n) is 4.69. The van der Waals surface area contributed by atoms with Gasteiger partial charge in [0, 0.05) is 16.8 Å². The molecule has 2 rings (SSSR count). The second-order valence-corrected chi connectivity index (χ2v) is 3.73. The molecule has 1 radical (unpaired) electrons. The molecule has 0 bridgehead atoms. The van der Waals surface area contributed by atoms with E-state index >= 15 is 0 Å². The topological polar surface area (TPSA) is 12.9 Å². The van der Waals surface area contributed by atoms with Crippen LogP contribution in [0.15, 0.2) is 36.5 Å². The van der Waals surface area contributed by atoms with Crippen LogP contribution in [0.5, 0.6) is 0 Å². The van der Waals surface area contributed by atoms with Crippen molar-refractivity contribution in [3.05, 3.63) is 53.3 Å². The highest BCUT2D eigenvalue weighted by molar-refractivity contribution is 6.33. The van der Waals surface area contributed by atoms with E-state index in [1.165, 1.54) is 24.4 Å². The quantitative estimate of drug-likeness (QED) is 0.744. The third-order valence-corrected chi connectivity index (χ3v) is 2.54. The Morgan fingerprint density at radius 3 is 2.41 bits per heavy atom. The van der Waals surface area contributed by atoms with Crippen LogP contribution in [0.4, 0.5) is 13.2 Å². The summed E-state index contributed by atoms with van der Waals surface area (Å²) in [5.41, 5.74) is -0.605. The molecule has 0 unspecified atom stereocenters. The van der Waals surface area contributed by atoms with E-state index in [9.17, 15) is 13.2 Å². The summed E-state index contributed by atoms with van der Waals surface area (Å²) in [4.78, 5) is 3.38. The molecular formula is C12H6ClF3N. The lowest BCUT2D eigenvalue weighted by molar-refractivity contribution is -0.137. The lowest BCUT2D eigenvalue weighted by Crippen LogP contribution is -2.08. The van der Waals surface area contributed by atoms with Crippen molar-refractivity contribution < 1.29 is 13.2 Å². The Hall–Kier alpha value is -1.55. The van der Waals surface area contributed by atoms with Crippen LogP contribution in [-0.4, -0.2) is 4.98 Å². The number of hydrogen-bond acceptors (Lipinski definition) is 1. The summed E-state index contributed by atoms with van der Waals surface area (Å²) in [6, 6.07) is 7.63. The fourth-order valence-electron chi connectivity index (χ4n) is 1.48. The molecule has 1 aromatic heterocycles. The van der Waals surface area contributed by atoms with Gasteiger partial charge in [-0.15, -0.1) is 0 Å². The number of rotatable bonds is 1. The molecule has 5 heteroatoms. The summed E-state index contributed by atoms with van der Waals surface area (Å²) in [5.74, 6) is 0. The lowest BCUT2D eigenvalue weighted by Gasteiger charge is -2.12. The molecule has 1 nitrogen and oxygen atoms in total. The summed E-state index contributed by atoms with van der Waals surface area (Å²) >= 11 is 5.88. The van der Waals surface area contributed by atoms with E-state index in [1.807, 2.05) is 6.20 Å². The number of hydrogen-bond donors (Lipinski definition) is 0. The molecule has 87 valence electrons. The van der Waals surface area contributed by atoms with Gasteiger partial charge in [0.25, 0.3) is 0 Å². The van der Waals surface area contributed by atoms with Gasteiger partial charge in [0.15, 0.2) is 0 Å². The average Bonchev–Trinajstić information content (AvgIpc) is 2.28. The second kappa shape index (κ2) is 4.37. The van der Waals surface area contributed by atoms with Gasteiger partial charge < -0.3 is 0 Å². The van der Waals surface area contributed by atoms with Gasteiger partial charge in [-0.2, -0.15) is 13.2 Å². The van der Waals surface area contributed by atoms with E-state index in [0.717, 1.165) is 0 Å². The summed E-state index contributed by atoms with van der Waals surface area (Å²) < 4.78 is 38.3. The average molecular weight is 257 g/mol. The van der Waals surface area contributed by atoms with Crippen LogP contribution in [-0.2, 0) is 6.18 Å². The first-order valence-corrected chi connectivity index (χ1v) is 5.07. The first kappa shape index (κ1) is 11.9. The second-order valence-electron chi connectivity index (χ2n) is 3.32. The van der Waals surface area contributed by atoms with Crippen molar-refractivity contribution in [2.75, 3.05) is 0 Å². The van der Waals surface area contributed by atoms with Crippen LogP contribution >= 0.6 is 11.6 Å². The lowest BCUT2D eigenvalue weighted by atomic mass is 10.0. The monoisotopic (exact) mass is 256 g/mol. The Bertz CT molecular complexity index is 537. The van der Waals surface area contributed by atoms with Crippen LogP contribution in [0.25, 0.3) is 11.1 Å². The minimum atomic E-state index is -4.50. The van der Waals surface area contributed by atoms with E-state index in [2.05, 4.69) is 4.98 Å². The molecule has 0 spiro atoms. The smallest absolute Gasteiger partial charge is 0.254 e. The van der Waals surface area contributed by atoms with Crippen molar-refractivity contribution >= 4 is 11.6 Å². The Morgan fingerprint density at radius 2 is 1.76 bits per heavy atom.